The van der Waals surface area contributed by atoms with Crippen LogP contribution in [-0.2, 0) is 65.4 Å². The highest BCUT2D eigenvalue weighted by atomic mass is 31.2. The molecule has 5 atom stereocenters. The van der Waals surface area contributed by atoms with E-state index in [4.69, 9.17) is 37.0 Å². The monoisotopic (exact) mass is 1450 g/mol. The zero-order chi connectivity index (χ0) is 73.2. The van der Waals surface area contributed by atoms with Gasteiger partial charge in [-0.1, -0.05) is 312 Å². The average Bonchev–Trinajstić information content (AvgIpc) is 0.962. The van der Waals surface area contributed by atoms with E-state index >= 15 is 0 Å². The average molecular weight is 1450 g/mol. The Morgan fingerprint density at radius 2 is 0.500 bits per heavy atom. The molecule has 0 aromatic carbocycles. The van der Waals surface area contributed by atoms with Crippen molar-refractivity contribution in [2.24, 2.45) is 0 Å². The lowest BCUT2D eigenvalue weighted by atomic mass is 10.0. The summed E-state index contributed by atoms with van der Waals surface area (Å²) in [7, 11) is -9.96. The lowest BCUT2D eigenvalue weighted by Gasteiger charge is -2.21. The number of hydrogen-bond donors (Lipinski definition) is 3. The minimum absolute atomic E-state index is 0.0233. The topological polar surface area (TPSA) is 237 Å². The number of ether oxygens (including phenoxy) is 4. The summed E-state index contributed by atoms with van der Waals surface area (Å²) in [5.74, 6) is -2.22. The molecule has 0 aliphatic heterocycles. The molecular weight excluding hydrogens is 1310 g/mol. The molecule has 0 aromatic heterocycles. The standard InChI is InChI=1S/C81H146O17P2/c1-5-9-13-17-21-25-29-33-36-37-40-44-48-52-56-60-64-68-81(86)98-77(72-92-79(84)66-62-58-54-50-46-43-39-35-31-27-23-19-15-11-7-3)74-96-100(89,90)94-70-75(82)69-93-99(87,88)95-73-76(97-80(85)67-63-59-55-51-47-41-32-28-24-20-16-12-8-4)71-91-78(83)65-61-57-53-49-45-42-38-34-30-26-22-18-14-10-6-2/h21-22,25-26,33-34,36,38,40,44,52,56,75-77,82H,5-20,23-24,27-32,35,37,39,41-43,45-51,53-55,57-74H2,1-4H3,(H,87,88)(H,89,90)/b25-21-,26-22-,36-33-,38-34-,44-40-,56-52-/t75-,76+,77+/m0/s1. The third kappa shape index (κ3) is 72.8. The van der Waals surface area contributed by atoms with Crippen LogP contribution < -0.4 is 0 Å². The zero-order valence-corrected chi connectivity index (χ0v) is 65.4. The van der Waals surface area contributed by atoms with Gasteiger partial charge in [0.1, 0.15) is 19.3 Å². The Morgan fingerprint density at radius 1 is 0.280 bits per heavy atom. The summed E-state index contributed by atoms with van der Waals surface area (Å²) in [6, 6.07) is 0. The van der Waals surface area contributed by atoms with Crippen molar-refractivity contribution >= 4 is 39.5 Å². The van der Waals surface area contributed by atoms with Crippen LogP contribution in [0.1, 0.15) is 362 Å². The first kappa shape index (κ1) is 96.5. The molecule has 0 bridgehead atoms. The second-order valence-corrected chi connectivity index (χ2v) is 29.9. The van der Waals surface area contributed by atoms with Gasteiger partial charge in [0.25, 0.3) is 0 Å². The Hall–Kier alpha value is -3.50. The summed E-state index contributed by atoms with van der Waals surface area (Å²) < 4.78 is 68.5. The van der Waals surface area contributed by atoms with Crippen LogP contribution in [0.3, 0.4) is 0 Å². The maximum absolute atomic E-state index is 13.1. The number of aliphatic hydroxyl groups is 1. The molecule has 17 nitrogen and oxygen atoms in total. The molecule has 0 heterocycles. The third-order valence-corrected chi connectivity index (χ3v) is 19.1. The summed E-state index contributed by atoms with van der Waals surface area (Å²) in [4.78, 5) is 72.9. The number of carbonyl (C=O) groups is 4. The summed E-state index contributed by atoms with van der Waals surface area (Å²) >= 11 is 0. The van der Waals surface area contributed by atoms with Gasteiger partial charge in [0.05, 0.1) is 26.4 Å². The smallest absolute Gasteiger partial charge is 0.462 e. The normalized spacial score (nSPS) is 14.3. The molecule has 100 heavy (non-hydrogen) atoms. The van der Waals surface area contributed by atoms with E-state index in [2.05, 4.69) is 88.5 Å². The van der Waals surface area contributed by atoms with Gasteiger partial charge < -0.3 is 33.8 Å². The van der Waals surface area contributed by atoms with Crippen molar-refractivity contribution in [1.82, 2.24) is 0 Å². The second kappa shape index (κ2) is 73.8. The van der Waals surface area contributed by atoms with Gasteiger partial charge in [-0.2, -0.15) is 0 Å². The number of aliphatic hydroxyl groups excluding tert-OH is 1. The van der Waals surface area contributed by atoms with E-state index < -0.39 is 97.5 Å². The van der Waals surface area contributed by atoms with E-state index in [-0.39, 0.29) is 25.7 Å². The number of phosphoric acid groups is 2. The zero-order valence-electron chi connectivity index (χ0n) is 63.6. The first-order valence-electron chi connectivity index (χ1n) is 40.2. The summed E-state index contributed by atoms with van der Waals surface area (Å²) in [6.45, 7) is 4.81. The van der Waals surface area contributed by atoms with Crippen LogP contribution in [0.25, 0.3) is 0 Å². The highest BCUT2D eigenvalue weighted by Gasteiger charge is 2.30. The molecule has 0 spiro atoms. The molecule has 0 fully saturated rings. The molecule has 19 heteroatoms. The molecule has 0 aliphatic rings. The van der Waals surface area contributed by atoms with Gasteiger partial charge in [-0.05, 0) is 96.3 Å². The van der Waals surface area contributed by atoms with Gasteiger partial charge in [-0.3, -0.25) is 37.3 Å². The lowest BCUT2D eigenvalue weighted by molar-refractivity contribution is -0.161. The van der Waals surface area contributed by atoms with Crippen LogP contribution in [0.5, 0.6) is 0 Å². The molecule has 582 valence electrons. The Bertz CT molecular complexity index is 2180. The van der Waals surface area contributed by atoms with Crippen LogP contribution in [0.15, 0.2) is 72.9 Å². The van der Waals surface area contributed by atoms with Gasteiger partial charge in [-0.25, -0.2) is 9.13 Å². The van der Waals surface area contributed by atoms with Gasteiger partial charge in [0, 0.05) is 25.7 Å². The largest absolute Gasteiger partial charge is 0.472 e. The van der Waals surface area contributed by atoms with Gasteiger partial charge in [0.15, 0.2) is 12.2 Å². The molecule has 0 saturated heterocycles. The maximum atomic E-state index is 13.1. The molecule has 0 rings (SSSR count). The van der Waals surface area contributed by atoms with Crippen LogP contribution in [0.2, 0.25) is 0 Å². The predicted molar refractivity (Wildman–Crippen MR) is 409 cm³/mol. The highest BCUT2D eigenvalue weighted by Crippen LogP contribution is 2.45. The quantitative estimate of drug-likeness (QED) is 0.0169. The van der Waals surface area contributed by atoms with Crippen molar-refractivity contribution in [2.75, 3.05) is 39.6 Å². The molecule has 2 unspecified atom stereocenters. The number of hydrogen-bond acceptors (Lipinski definition) is 15. The summed E-state index contributed by atoms with van der Waals surface area (Å²) in [5.41, 5.74) is 0. The molecule has 0 aromatic rings. The van der Waals surface area contributed by atoms with Crippen molar-refractivity contribution in [3.63, 3.8) is 0 Å². The second-order valence-electron chi connectivity index (χ2n) is 27.0. The number of carbonyl (C=O) groups excluding carboxylic acids is 4. The molecular formula is C81H146O17P2. The van der Waals surface area contributed by atoms with Crippen LogP contribution in [0, 0.1) is 0 Å². The number of phosphoric ester groups is 2. The van der Waals surface area contributed by atoms with E-state index in [1.165, 1.54) is 161 Å². The van der Waals surface area contributed by atoms with Crippen LogP contribution in [-0.4, -0.2) is 96.7 Å². The Kier molecular flexibility index (Phi) is 71.2. The van der Waals surface area contributed by atoms with Gasteiger partial charge >= 0.3 is 39.5 Å². The van der Waals surface area contributed by atoms with Crippen LogP contribution >= 0.6 is 15.6 Å². The molecule has 0 saturated carbocycles. The number of rotatable bonds is 76. The van der Waals surface area contributed by atoms with E-state index in [1.54, 1.807) is 0 Å². The maximum Gasteiger partial charge on any atom is 0.472 e. The van der Waals surface area contributed by atoms with E-state index in [0.29, 0.717) is 32.1 Å². The first-order valence-corrected chi connectivity index (χ1v) is 43.2. The highest BCUT2D eigenvalue weighted by molar-refractivity contribution is 7.47. The Labute approximate surface area is 609 Å². The molecule has 0 amide bonds. The van der Waals surface area contributed by atoms with Crippen LogP contribution in [0.4, 0.5) is 0 Å². The summed E-state index contributed by atoms with van der Waals surface area (Å²) in [6.07, 6.45) is 74.5. The van der Waals surface area contributed by atoms with E-state index in [1.807, 2.05) is 12.2 Å². The lowest BCUT2D eigenvalue weighted by Crippen LogP contribution is -2.30. The molecule has 0 aliphatic carbocycles. The first-order chi connectivity index (χ1) is 48.7. The van der Waals surface area contributed by atoms with Gasteiger partial charge in [0.2, 0.25) is 0 Å². The number of unbranched alkanes of at least 4 members (excludes halogenated alkanes) is 38. The minimum Gasteiger partial charge on any atom is -0.462 e. The molecule has 3 N–H and O–H groups in total. The van der Waals surface area contributed by atoms with Crippen molar-refractivity contribution in [1.29, 1.82) is 0 Å². The van der Waals surface area contributed by atoms with E-state index in [0.717, 1.165) is 116 Å². The fourth-order valence-corrected chi connectivity index (χ4v) is 12.6. The fraction of sp³-hybridized carbons (Fsp3) is 0.802. The van der Waals surface area contributed by atoms with Crippen molar-refractivity contribution in [3.8, 4) is 0 Å². The Morgan fingerprint density at radius 3 is 0.810 bits per heavy atom. The summed E-state index contributed by atoms with van der Waals surface area (Å²) in [5, 5.41) is 10.6. The SMILES string of the molecule is CCCCC/C=C\C/C=C\C/C=C\C/C=C\CCCC(=O)O[C@H](COC(=O)CCCCCCCCCCCCCCCCC)COP(=O)(O)OC[C@@H](O)COP(=O)(O)OC[C@@H](COC(=O)CCCCCCC/C=C\C/C=C\CCCCC)OC(=O)CCCCCCCCCCCCCCC. The number of allylic oxidation sites excluding steroid dienone is 12. The fourth-order valence-electron chi connectivity index (χ4n) is 11.0. The van der Waals surface area contributed by atoms with Crippen molar-refractivity contribution < 1.29 is 80.2 Å². The Balaban J connectivity index is 5.38. The number of esters is 4. The molecule has 0 radical (unpaired) electrons. The van der Waals surface area contributed by atoms with E-state index in [9.17, 15) is 43.2 Å². The minimum atomic E-state index is -4.98. The predicted octanol–water partition coefficient (Wildman–Crippen LogP) is 23.2. The van der Waals surface area contributed by atoms with Gasteiger partial charge in [-0.15, -0.1) is 0 Å². The van der Waals surface area contributed by atoms with Crippen molar-refractivity contribution in [3.05, 3.63) is 72.9 Å². The van der Waals surface area contributed by atoms with Crippen molar-refractivity contribution in [2.45, 2.75) is 380 Å². The third-order valence-electron chi connectivity index (χ3n) is 17.2.